The molecule has 0 radical (unpaired) electrons. The van der Waals surface area contributed by atoms with Crippen molar-refractivity contribution in [1.29, 1.82) is 0 Å². The van der Waals surface area contributed by atoms with Crippen molar-refractivity contribution in [3.8, 4) is 29.0 Å². The fraction of sp³-hybridized carbons (Fsp3) is 0.400. The van der Waals surface area contributed by atoms with Crippen LogP contribution in [-0.2, 0) is 22.4 Å². The third kappa shape index (κ3) is 4.13. The summed E-state index contributed by atoms with van der Waals surface area (Å²) in [6, 6.07) is 7.87. The van der Waals surface area contributed by atoms with Gasteiger partial charge < -0.3 is 14.2 Å². The summed E-state index contributed by atoms with van der Waals surface area (Å²) in [7, 11) is 1.64. The molecule has 1 aliphatic rings. The quantitative estimate of drug-likeness (QED) is 0.585. The Hall–Kier alpha value is -2.62. The highest BCUT2D eigenvalue weighted by Crippen LogP contribution is 2.30. The number of fused-ring (bicyclic) bond motifs is 3. The molecule has 1 aromatic carbocycles. The van der Waals surface area contributed by atoms with Crippen LogP contribution in [0.3, 0.4) is 0 Å². The normalized spacial score (nSPS) is 11.9. The number of methoxy groups -OCH3 is 1. The first kappa shape index (κ1) is 18.2. The molecule has 0 aliphatic carbocycles. The van der Waals surface area contributed by atoms with Gasteiger partial charge in [-0.25, -0.2) is 4.79 Å². The lowest BCUT2D eigenvalue weighted by atomic mass is 9.95. The number of ether oxygens (including phenoxy) is 3. The first-order valence-electron chi connectivity index (χ1n) is 8.66. The van der Waals surface area contributed by atoms with Gasteiger partial charge in [-0.3, -0.25) is 4.57 Å². The molecule has 0 saturated carbocycles. The van der Waals surface area contributed by atoms with Crippen molar-refractivity contribution in [2.24, 2.45) is 0 Å². The summed E-state index contributed by atoms with van der Waals surface area (Å²) >= 11 is 0. The van der Waals surface area contributed by atoms with E-state index in [4.69, 9.17) is 14.2 Å². The minimum Gasteiger partial charge on any atom is -0.478 e. The third-order valence-corrected chi connectivity index (χ3v) is 4.10. The molecule has 3 rings (SSSR count). The molecule has 0 fully saturated rings. The summed E-state index contributed by atoms with van der Waals surface area (Å²) in [6.45, 7) is 4.44. The summed E-state index contributed by atoms with van der Waals surface area (Å²) < 4.78 is 17.4. The van der Waals surface area contributed by atoms with Crippen LogP contribution in [0.4, 0.5) is 0 Å². The highest BCUT2D eigenvalue weighted by Gasteiger charge is 2.19. The number of rotatable bonds is 6. The molecule has 0 N–H and O–H groups in total. The van der Waals surface area contributed by atoms with Gasteiger partial charge in [0.25, 0.3) is 0 Å². The molecule has 2 heterocycles. The molecule has 0 amide bonds. The Labute approximate surface area is 152 Å². The van der Waals surface area contributed by atoms with E-state index in [9.17, 15) is 4.79 Å². The zero-order chi connectivity index (χ0) is 18.4. The predicted octanol–water partition coefficient (Wildman–Crippen LogP) is 1.88. The Morgan fingerprint density at radius 2 is 2.15 bits per heavy atom. The number of nitrogens with zero attached hydrogens (tertiary/aromatic N) is 2. The number of benzene rings is 1. The smallest absolute Gasteiger partial charge is 0.351 e. The van der Waals surface area contributed by atoms with Crippen LogP contribution >= 0.6 is 0 Å². The average molecular weight is 354 g/mol. The van der Waals surface area contributed by atoms with Gasteiger partial charge in [0.05, 0.1) is 25.5 Å². The zero-order valence-electron chi connectivity index (χ0n) is 15.1. The second kappa shape index (κ2) is 8.65. The van der Waals surface area contributed by atoms with Gasteiger partial charge in [-0.05, 0) is 31.0 Å². The SMILES string of the molecule is CCOc1cc2n(c(=O)n1)CCc1cc(C#CCOCCOC)ccc1-2. The van der Waals surface area contributed by atoms with Crippen LogP contribution in [0.1, 0.15) is 18.1 Å². The van der Waals surface area contributed by atoms with Gasteiger partial charge in [0.15, 0.2) is 0 Å². The maximum Gasteiger partial charge on any atom is 0.351 e. The van der Waals surface area contributed by atoms with Gasteiger partial charge in [-0.1, -0.05) is 17.9 Å². The van der Waals surface area contributed by atoms with Crippen LogP contribution in [0.2, 0.25) is 0 Å². The maximum atomic E-state index is 12.2. The molecule has 0 spiro atoms. The molecule has 0 bridgehead atoms. The second-order valence-electron chi connectivity index (χ2n) is 5.82. The fourth-order valence-corrected chi connectivity index (χ4v) is 2.91. The molecule has 26 heavy (non-hydrogen) atoms. The molecule has 136 valence electrons. The predicted molar refractivity (Wildman–Crippen MR) is 98.4 cm³/mol. The van der Waals surface area contributed by atoms with E-state index in [1.165, 1.54) is 5.56 Å². The lowest BCUT2D eigenvalue weighted by Crippen LogP contribution is -2.28. The molecule has 0 atom stereocenters. The van der Waals surface area contributed by atoms with Crippen molar-refractivity contribution in [3.63, 3.8) is 0 Å². The highest BCUT2D eigenvalue weighted by molar-refractivity contribution is 5.67. The van der Waals surface area contributed by atoms with Gasteiger partial charge in [0, 0.05) is 30.8 Å². The summed E-state index contributed by atoms with van der Waals surface area (Å²) in [4.78, 5) is 16.2. The monoisotopic (exact) mass is 354 g/mol. The van der Waals surface area contributed by atoms with E-state index in [-0.39, 0.29) is 5.69 Å². The summed E-state index contributed by atoms with van der Waals surface area (Å²) in [5.41, 5.74) is 3.71. The first-order valence-corrected chi connectivity index (χ1v) is 8.66. The number of hydrogen-bond donors (Lipinski definition) is 0. The molecule has 0 saturated heterocycles. The second-order valence-corrected chi connectivity index (χ2v) is 5.82. The van der Waals surface area contributed by atoms with E-state index in [1.807, 2.05) is 25.1 Å². The highest BCUT2D eigenvalue weighted by atomic mass is 16.5. The first-order chi connectivity index (χ1) is 12.7. The van der Waals surface area contributed by atoms with Gasteiger partial charge >= 0.3 is 5.69 Å². The van der Waals surface area contributed by atoms with Crippen LogP contribution in [0, 0.1) is 11.8 Å². The fourth-order valence-electron chi connectivity index (χ4n) is 2.91. The topological polar surface area (TPSA) is 62.6 Å². The van der Waals surface area contributed by atoms with Crippen molar-refractivity contribution in [2.75, 3.05) is 33.5 Å². The molecular formula is C20H22N2O4. The summed E-state index contributed by atoms with van der Waals surface area (Å²) in [6.07, 6.45) is 0.776. The Morgan fingerprint density at radius 1 is 1.27 bits per heavy atom. The molecular weight excluding hydrogens is 332 g/mol. The van der Waals surface area contributed by atoms with Gasteiger partial charge in [0.1, 0.15) is 6.61 Å². The Bertz CT molecular complexity index is 893. The van der Waals surface area contributed by atoms with Gasteiger partial charge in [-0.15, -0.1) is 0 Å². The van der Waals surface area contributed by atoms with E-state index < -0.39 is 0 Å². The Kier molecular flexibility index (Phi) is 6.05. The molecule has 2 aromatic rings. The summed E-state index contributed by atoms with van der Waals surface area (Å²) in [5.74, 6) is 6.50. The minimum atomic E-state index is -0.270. The lowest BCUT2D eigenvalue weighted by molar-refractivity contribution is 0.0877. The zero-order valence-corrected chi connectivity index (χ0v) is 15.1. The van der Waals surface area contributed by atoms with Crippen molar-refractivity contribution in [3.05, 3.63) is 45.9 Å². The largest absolute Gasteiger partial charge is 0.478 e. The molecule has 6 heteroatoms. The van der Waals surface area contributed by atoms with Gasteiger partial charge in [-0.2, -0.15) is 4.98 Å². The van der Waals surface area contributed by atoms with Crippen LogP contribution in [-0.4, -0.2) is 43.1 Å². The van der Waals surface area contributed by atoms with E-state index in [1.54, 1.807) is 11.7 Å². The van der Waals surface area contributed by atoms with Crippen LogP contribution < -0.4 is 10.4 Å². The van der Waals surface area contributed by atoms with E-state index in [2.05, 4.69) is 22.9 Å². The third-order valence-electron chi connectivity index (χ3n) is 4.10. The van der Waals surface area contributed by atoms with E-state index in [0.29, 0.717) is 38.9 Å². The van der Waals surface area contributed by atoms with E-state index in [0.717, 1.165) is 23.2 Å². The molecule has 1 aliphatic heterocycles. The average Bonchev–Trinajstić information content (AvgIpc) is 2.64. The van der Waals surface area contributed by atoms with Crippen LogP contribution in [0.5, 0.6) is 5.88 Å². The van der Waals surface area contributed by atoms with E-state index >= 15 is 0 Å². The number of aromatic nitrogens is 2. The van der Waals surface area contributed by atoms with Crippen molar-refractivity contribution >= 4 is 0 Å². The standard InChI is InChI=1S/C20H22N2O4/c1-3-26-19-14-18-17-7-6-15(5-4-10-25-12-11-24-2)13-16(17)8-9-22(18)20(23)21-19/h6-7,13-14H,3,8-12H2,1-2H3. The maximum absolute atomic E-state index is 12.2. The molecule has 0 unspecified atom stereocenters. The van der Waals surface area contributed by atoms with Crippen molar-refractivity contribution in [2.45, 2.75) is 19.9 Å². The van der Waals surface area contributed by atoms with Gasteiger partial charge in [0.2, 0.25) is 5.88 Å². The molecule has 6 nitrogen and oxygen atoms in total. The minimum absolute atomic E-state index is 0.270. The van der Waals surface area contributed by atoms with Crippen LogP contribution in [0.15, 0.2) is 29.1 Å². The molecule has 1 aromatic heterocycles. The number of aryl methyl sites for hydroxylation is 1. The van der Waals surface area contributed by atoms with Crippen LogP contribution in [0.25, 0.3) is 11.3 Å². The van der Waals surface area contributed by atoms with Crippen molar-refractivity contribution < 1.29 is 14.2 Å². The lowest BCUT2D eigenvalue weighted by Gasteiger charge is -2.21. The summed E-state index contributed by atoms with van der Waals surface area (Å²) in [5, 5.41) is 0. The Balaban J connectivity index is 1.82. The Morgan fingerprint density at radius 3 is 2.96 bits per heavy atom. The number of hydrogen-bond acceptors (Lipinski definition) is 5. The van der Waals surface area contributed by atoms with Crippen molar-refractivity contribution in [1.82, 2.24) is 9.55 Å².